The van der Waals surface area contributed by atoms with Gasteiger partial charge in [0, 0.05) is 30.7 Å². The van der Waals surface area contributed by atoms with Gasteiger partial charge >= 0.3 is 0 Å². The van der Waals surface area contributed by atoms with Crippen LogP contribution in [0, 0.1) is 18.3 Å². The number of amides is 1. The summed E-state index contributed by atoms with van der Waals surface area (Å²) in [6.07, 6.45) is 0. The van der Waals surface area contributed by atoms with Crippen LogP contribution in [-0.2, 0) is 0 Å². The molecule has 0 radical (unpaired) electrons. The smallest absolute Gasteiger partial charge is 0.255 e. The van der Waals surface area contributed by atoms with Crippen LogP contribution in [0.2, 0.25) is 0 Å². The summed E-state index contributed by atoms with van der Waals surface area (Å²) in [5.41, 5.74) is 1.35. The molecule has 0 aliphatic carbocycles. The Hall–Kier alpha value is -1.38. The molecule has 0 N–H and O–H groups in total. The highest BCUT2D eigenvalue weighted by atomic mass is 79.9. The summed E-state index contributed by atoms with van der Waals surface area (Å²) in [5.74, 6) is 0.0521. The average Bonchev–Trinajstić information content (AvgIpc) is 2.47. The molecule has 21 heavy (non-hydrogen) atoms. The lowest BCUT2D eigenvalue weighted by Crippen LogP contribution is -2.55. The maximum Gasteiger partial charge on any atom is 0.255 e. The number of rotatable bonds is 2. The highest BCUT2D eigenvalue weighted by Gasteiger charge is 2.31. The van der Waals surface area contributed by atoms with Crippen LogP contribution in [0.15, 0.2) is 22.7 Å². The second-order valence-corrected chi connectivity index (χ2v) is 6.79. The van der Waals surface area contributed by atoms with Gasteiger partial charge in [-0.2, -0.15) is 5.26 Å². The lowest BCUT2D eigenvalue weighted by molar-refractivity contribution is 0.0520. The Morgan fingerprint density at radius 2 is 1.90 bits per heavy atom. The first-order valence-electron chi connectivity index (χ1n) is 7.07. The Bertz CT molecular complexity index is 584. The molecule has 1 saturated heterocycles. The Balaban J connectivity index is 2.06. The van der Waals surface area contributed by atoms with Crippen LogP contribution in [-0.4, -0.2) is 47.4 Å². The minimum atomic E-state index is -0.473. The van der Waals surface area contributed by atoms with E-state index in [1.165, 1.54) is 0 Å². The first-order valence-corrected chi connectivity index (χ1v) is 7.86. The van der Waals surface area contributed by atoms with Crippen molar-refractivity contribution in [3.63, 3.8) is 0 Å². The van der Waals surface area contributed by atoms with Crippen LogP contribution in [0.3, 0.4) is 0 Å². The molecule has 0 saturated carbocycles. The molecule has 0 aromatic heterocycles. The summed E-state index contributed by atoms with van der Waals surface area (Å²) < 4.78 is 0.840. The Morgan fingerprint density at radius 1 is 1.29 bits per heavy atom. The van der Waals surface area contributed by atoms with Crippen LogP contribution in [0.25, 0.3) is 0 Å². The molecule has 5 heteroatoms. The van der Waals surface area contributed by atoms with Gasteiger partial charge < -0.3 is 4.90 Å². The fourth-order valence-corrected chi connectivity index (χ4v) is 3.17. The minimum Gasteiger partial charge on any atom is -0.336 e. The highest BCUT2D eigenvalue weighted by Crippen LogP contribution is 2.22. The van der Waals surface area contributed by atoms with Crippen LogP contribution in [0.5, 0.6) is 0 Å². The number of hydrogen-bond acceptors (Lipinski definition) is 3. The largest absolute Gasteiger partial charge is 0.336 e. The maximum absolute atomic E-state index is 12.6. The molecule has 1 aliphatic heterocycles. The van der Waals surface area contributed by atoms with E-state index in [1.807, 2.05) is 43.9 Å². The van der Waals surface area contributed by atoms with E-state index in [9.17, 15) is 10.1 Å². The lowest BCUT2D eigenvalue weighted by atomic mass is 10.0. The highest BCUT2D eigenvalue weighted by molar-refractivity contribution is 9.10. The molecular formula is C16H20BrN3O. The van der Waals surface area contributed by atoms with E-state index < -0.39 is 5.54 Å². The zero-order valence-corrected chi connectivity index (χ0v) is 14.3. The number of nitrogens with zero attached hydrogens (tertiary/aromatic N) is 3. The number of nitriles is 1. The molecule has 112 valence electrons. The van der Waals surface area contributed by atoms with Crippen molar-refractivity contribution in [2.45, 2.75) is 26.3 Å². The SMILES string of the molecule is Cc1ccc(C(=O)N2CCN(C(C)(C)C#N)CC2)c(Br)c1. The normalized spacial score (nSPS) is 16.6. The van der Waals surface area contributed by atoms with Crippen molar-refractivity contribution in [3.8, 4) is 6.07 Å². The van der Waals surface area contributed by atoms with Gasteiger partial charge in [0.2, 0.25) is 0 Å². The second kappa shape index (κ2) is 6.17. The fourth-order valence-electron chi connectivity index (χ4n) is 2.50. The van der Waals surface area contributed by atoms with E-state index in [2.05, 4.69) is 26.9 Å². The standard InChI is InChI=1S/C16H20BrN3O/c1-12-4-5-13(14(17)10-12)15(21)19-6-8-20(9-7-19)16(2,3)11-18/h4-5,10H,6-9H2,1-3H3. The van der Waals surface area contributed by atoms with Crippen LogP contribution < -0.4 is 0 Å². The first kappa shape index (κ1) is 16.0. The van der Waals surface area contributed by atoms with E-state index in [0.29, 0.717) is 18.7 Å². The Kier molecular flexibility index (Phi) is 4.70. The van der Waals surface area contributed by atoms with Gasteiger partial charge in [-0.25, -0.2) is 0 Å². The average molecular weight is 350 g/mol. The number of aryl methyl sites for hydroxylation is 1. The molecule has 1 fully saturated rings. The second-order valence-electron chi connectivity index (χ2n) is 5.93. The van der Waals surface area contributed by atoms with Crippen LogP contribution in [0.4, 0.5) is 0 Å². The Morgan fingerprint density at radius 3 is 2.43 bits per heavy atom. The minimum absolute atomic E-state index is 0.0521. The quantitative estimate of drug-likeness (QED) is 0.824. The number of benzene rings is 1. The molecule has 1 aliphatic rings. The third-order valence-electron chi connectivity index (χ3n) is 3.99. The summed E-state index contributed by atoms with van der Waals surface area (Å²) in [7, 11) is 0. The van der Waals surface area contributed by atoms with Crippen molar-refractivity contribution >= 4 is 21.8 Å². The number of hydrogen-bond donors (Lipinski definition) is 0. The number of carbonyl (C=O) groups excluding carboxylic acids is 1. The molecule has 1 aromatic carbocycles. The lowest BCUT2D eigenvalue weighted by Gasteiger charge is -2.40. The fraction of sp³-hybridized carbons (Fsp3) is 0.500. The number of piperazine rings is 1. The summed E-state index contributed by atoms with van der Waals surface area (Å²) >= 11 is 3.47. The summed E-state index contributed by atoms with van der Waals surface area (Å²) in [4.78, 5) is 16.6. The van der Waals surface area contributed by atoms with Gasteiger partial charge in [-0.1, -0.05) is 6.07 Å². The van der Waals surface area contributed by atoms with Crippen LogP contribution in [0.1, 0.15) is 29.8 Å². The Labute approximate surface area is 134 Å². The number of carbonyl (C=O) groups is 1. The van der Waals surface area contributed by atoms with E-state index in [4.69, 9.17) is 0 Å². The molecule has 0 bridgehead atoms. The van der Waals surface area contributed by atoms with Crippen molar-refractivity contribution < 1.29 is 4.79 Å². The van der Waals surface area contributed by atoms with Crippen molar-refractivity contribution in [2.24, 2.45) is 0 Å². The molecular weight excluding hydrogens is 330 g/mol. The van der Waals surface area contributed by atoms with Gasteiger partial charge in [0.25, 0.3) is 5.91 Å². The van der Waals surface area contributed by atoms with Crippen LogP contribution >= 0.6 is 15.9 Å². The molecule has 2 rings (SSSR count). The maximum atomic E-state index is 12.6. The molecule has 1 heterocycles. The zero-order chi connectivity index (χ0) is 15.6. The van der Waals surface area contributed by atoms with Gasteiger partial charge in [0.15, 0.2) is 0 Å². The predicted molar refractivity (Wildman–Crippen MR) is 86.0 cm³/mol. The summed E-state index contributed by atoms with van der Waals surface area (Å²) in [6, 6.07) is 8.10. The molecule has 1 aromatic rings. The summed E-state index contributed by atoms with van der Waals surface area (Å²) in [5, 5.41) is 9.18. The van der Waals surface area contributed by atoms with Gasteiger partial charge in [-0.15, -0.1) is 0 Å². The zero-order valence-electron chi connectivity index (χ0n) is 12.7. The molecule has 4 nitrogen and oxygen atoms in total. The van der Waals surface area contributed by atoms with E-state index in [0.717, 1.165) is 23.1 Å². The molecule has 0 atom stereocenters. The van der Waals surface area contributed by atoms with Gasteiger partial charge in [0.05, 0.1) is 11.6 Å². The third-order valence-corrected chi connectivity index (χ3v) is 4.64. The van der Waals surface area contributed by atoms with Crippen molar-refractivity contribution in [2.75, 3.05) is 26.2 Å². The van der Waals surface area contributed by atoms with Gasteiger partial charge in [-0.05, 0) is 54.4 Å². The van der Waals surface area contributed by atoms with Gasteiger partial charge in [0.1, 0.15) is 5.54 Å². The molecule has 1 amide bonds. The van der Waals surface area contributed by atoms with Crippen molar-refractivity contribution in [3.05, 3.63) is 33.8 Å². The molecule has 0 unspecified atom stereocenters. The van der Waals surface area contributed by atoms with Gasteiger partial charge in [-0.3, -0.25) is 9.69 Å². The first-order chi connectivity index (χ1) is 9.85. The predicted octanol–water partition coefficient (Wildman–Crippen LogP) is 2.82. The third kappa shape index (κ3) is 3.45. The van der Waals surface area contributed by atoms with Crippen molar-refractivity contribution in [1.82, 2.24) is 9.80 Å². The van der Waals surface area contributed by atoms with E-state index in [-0.39, 0.29) is 5.91 Å². The number of halogens is 1. The van der Waals surface area contributed by atoms with E-state index in [1.54, 1.807) is 0 Å². The van der Waals surface area contributed by atoms with Crippen molar-refractivity contribution in [1.29, 1.82) is 5.26 Å². The summed E-state index contributed by atoms with van der Waals surface area (Å²) in [6.45, 7) is 8.62. The van der Waals surface area contributed by atoms with E-state index >= 15 is 0 Å². The monoisotopic (exact) mass is 349 g/mol. The topological polar surface area (TPSA) is 47.3 Å². The molecule has 0 spiro atoms.